The van der Waals surface area contributed by atoms with E-state index in [1.54, 1.807) is 0 Å². The molecule has 11 heteroatoms. The summed E-state index contributed by atoms with van der Waals surface area (Å²) in [6.07, 6.45) is 0. The Morgan fingerprint density at radius 3 is 1.65 bits per heavy atom. The lowest BCUT2D eigenvalue weighted by molar-refractivity contribution is 0.0716. The molecule has 8 nitrogen and oxygen atoms in total. The van der Waals surface area contributed by atoms with Gasteiger partial charge in [0.25, 0.3) is 0 Å². The van der Waals surface area contributed by atoms with E-state index in [0.717, 1.165) is 12.1 Å². The predicted molar refractivity (Wildman–Crippen MR) is 109 cm³/mol. The summed E-state index contributed by atoms with van der Waals surface area (Å²) in [5.74, 6) is -2.43. The van der Waals surface area contributed by atoms with Crippen LogP contribution in [0, 0.1) is 5.82 Å². The van der Waals surface area contributed by atoms with Crippen molar-refractivity contribution in [1.29, 1.82) is 0 Å². The van der Waals surface area contributed by atoms with Crippen molar-refractivity contribution in [3.8, 4) is 11.5 Å². The molecule has 0 aliphatic carbocycles. The van der Waals surface area contributed by atoms with Crippen LogP contribution in [-0.4, -0.2) is 46.3 Å². The summed E-state index contributed by atoms with van der Waals surface area (Å²) in [7, 11) is -3.51. The molecule has 0 spiro atoms. The van der Waals surface area contributed by atoms with Crippen molar-refractivity contribution in [3.05, 3.63) is 83.7 Å². The number of halogens is 1. The second-order valence-corrected chi connectivity index (χ2v) is 6.36. The van der Waals surface area contributed by atoms with Gasteiger partial charge in [-0.2, -0.15) is 0 Å². The Kier molecular flexibility index (Phi) is 6.83. The summed E-state index contributed by atoms with van der Waals surface area (Å²) < 4.78 is 24.3. The van der Waals surface area contributed by atoms with Crippen LogP contribution in [0.1, 0.15) is 20.7 Å². The molecule has 0 fully saturated rings. The molecule has 4 N–H and O–H groups in total. The summed E-state index contributed by atoms with van der Waals surface area (Å²) in [4.78, 5) is 24.3. The van der Waals surface area contributed by atoms with Crippen LogP contribution in [-0.2, 0) is 0 Å². The highest BCUT2D eigenvalue weighted by atomic mass is 19.1. The zero-order valence-electron chi connectivity index (χ0n) is 15.8. The van der Waals surface area contributed by atoms with Crippen molar-refractivity contribution < 1.29 is 43.5 Å². The lowest BCUT2D eigenvalue weighted by Crippen LogP contribution is -2.30. The van der Waals surface area contributed by atoms with E-state index in [9.17, 15) is 14.0 Å². The third kappa shape index (κ3) is 5.56. The Morgan fingerprint density at radius 1 is 0.677 bits per heavy atom. The fraction of sp³-hybridized carbons (Fsp3) is 0. The third-order valence-corrected chi connectivity index (χ3v) is 4.20. The van der Waals surface area contributed by atoms with E-state index in [1.807, 2.05) is 0 Å². The molecule has 0 amide bonds. The first-order valence-corrected chi connectivity index (χ1v) is 8.90. The van der Waals surface area contributed by atoms with E-state index in [0.29, 0.717) is 0 Å². The highest BCUT2D eigenvalue weighted by Crippen LogP contribution is 2.20. The largest absolute Gasteiger partial charge is 0.488 e. The maximum Gasteiger partial charge on any atom is 0.488 e. The van der Waals surface area contributed by atoms with E-state index in [-0.39, 0.29) is 28.0 Å². The van der Waals surface area contributed by atoms with Crippen LogP contribution in [0.3, 0.4) is 0 Å². The molecule has 3 aromatic rings. The first-order valence-electron chi connectivity index (χ1n) is 8.90. The van der Waals surface area contributed by atoms with Crippen LogP contribution in [0.2, 0.25) is 0 Å². The van der Waals surface area contributed by atoms with Crippen molar-refractivity contribution in [2.75, 3.05) is 0 Å². The maximum atomic E-state index is 14.0. The molecule has 0 aromatic heterocycles. The molecule has 31 heavy (non-hydrogen) atoms. The molecule has 3 rings (SSSR count). The maximum absolute atomic E-state index is 14.0. The molecule has 0 bridgehead atoms. The Balaban J connectivity index is 1.63. The summed E-state index contributed by atoms with van der Waals surface area (Å²) >= 11 is 0. The number of hydrogen-bond acceptors (Lipinski definition) is 8. The average Bonchev–Trinajstić information content (AvgIpc) is 2.74. The van der Waals surface area contributed by atoms with Crippen molar-refractivity contribution >= 4 is 37.1 Å². The van der Waals surface area contributed by atoms with E-state index in [2.05, 4.69) is 0 Å². The van der Waals surface area contributed by atoms with E-state index >= 15 is 0 Å². The zero-order valence-corrected chi connectivity index (χ0v) is 15.8. The highest BCUT2D eigenvalue weighted by molar-refractivity contribution is 6.58. The average molecular weight is 424 g/mol. The monoisotopic (exact) mass is 424 g/mol. The topological polar surface area (TPSA) is 134 Å². The minimum Gasteiger partial charge on any atom is -0.423 e. The lowest BCUT2D eigenvalue weighted by atomic mass is 9.80. The number of benzene rings is 3. The van der Waals surface area contributed by atoms with Crippen LogP contribution in [0.4, 0.5) is 4.39 Å². The van der Waals surface area contributed by atoms with Gasteiger partial charge in [-0.15, -0.1) is 0 Å². The molecule has 0 atom stereocenters. The normalized spacial score (nSPS) is 10.4. The first-order chi connectivity index (χ1) is 14.7. The second-order valence-electron chi connectivity index (χ2n) is 6.36. The van der Waals surface area contributed by atoms with Crippen LogP contribution in [0.25, 0.3) is 0 Å². The number of rotatable bonds is 6. The number of hydrogen-bond donors (Lipinski definition) is 4. The summed E-state index contributed by atoms with van der Waals surface area (Å²) in [5.41, 5.74) is -0.0908. The van der Waals surface area contributed by atoms with Gasteiger partial charge in [-0.05, 0) is 59.5 Å². The molecule has 0 aliphatic heterocycles. The Morgan fingerprint density at radius 2 is 1.16 bits per heavy atom. The number of ether oxygens (including phenoxy) is 2. The molecule has 3 aromatic carbocycles. The van der Waals surface area contributed by atoms with Crippen LogP contribution >= 0.6 is 0 Å². The number of esters is 2. The summed E-state index contributed by atoms with van der Waals surface area (Å²) in [5, 5.41) is 36.2. The molecule has 0 unspecified atom stereocenters. The fourth-order valence-corrected chi connectivity index (χ4v) is 2.55. The molecule has 156 valence electrons. The first kappa shape index (κ1) is 22.2. The summed E-state index contributed by atoms with van der Waals surface area (Å²) in [6.45, 7) is 0. The molecular formula is C20H15B2FO8. The van der Waals surface area contributed by atoms with Gasteiger partial charge < -0.3 is 29.6 Å². The van der Waals surface area contributed by atoms with Gasteiger partial charge in [0.2, 0.25) is 0 Å². The molecular weight excluding hydrogens is 409 g/mol. The Labute approximate surface area is 176 Å². The predicted octanol–water partition coefficient (Wildman–Crippen LogP) is -0.376. The lowest BCUT2D eigenvalue weighted by Gasteiger charge is -2.08. The van der Waals surface area contributed by atoms with E-state index < -0.39 is 37.6 Å². The number of carbonyl (C=O) groups excluding carboxylic acids is 2. The molecule has 0 aliphatic rings. The zero-order chi connectivity index (χ0) is 22.5. The van der Waals surface area contributed by atoms with Crippen LogP contribution in [0.5, 0.6) is 11.5 Å². The van der Waals surface area contributed by atoms with Crippen molar-refractivity contribution in [1.82, 2.24) is 0 Å². The van der Waals surface area contributed by atoms with Gasteiger partial charge in [-0.25, -0.2) is 14.0 Å². The molecule has 0 saturated heterocycles. The number of carbonyl (C=O) groups is 2. The minimum absolute atomic E-state index is 0.0664. The second kappa shape index (κ2) is 9.54. The van der Waals surface area contributed by atoms with Crippen molar-refractivity contribution in [2.45, 2.75) is 0 Å². The Bertz CT molecular complexity index is 1090. The molecule has 0 saturated carbocycles. The van der Waals surface area contributed by atoms with Crippen molar-refractivity contribution in [2.24, 2.45) is 0 Å². The van der Waals surface area contributed by atoms with Gasteiger partial charge in [0, 0.05) is 0 Å². The van der Waals surface area contributed by atoms with Gasteiger partial charge in [-0.1, -0.05) is 18.2 Å². The van der Waals surface area contributed by atoms with Gasteiger partial charge in [-0.3, -0.25) is 0 Å². The molecule has 0 heterocycles. The third-order valence-electron chi connectivity index (χ3n) is 4.20. The highest BCUT2D eigenvalue weighted by Gasteiger charge is 2.19. The van der Waals surface area contributed by atoms with Crippen LogP contribution in [0.15, 0.2) is 66.7 Å². The van der Waals surface area contributed by atoms with Gasteiger partial charge >= 0.3 is 26.2 Å². The van der Waals surface area contributed by atoms with E-state index in [4.69, 9.17) is 29.6 Å². The van der Waals surface area contributed by atoms with Gasteiger partial charge in [0.1, 0.15) is 17.3 Å². The smallest absolute Gasteiger partial charge is 0.423 e. The standard InChI is InChI=1S/C20H15B2FO8/c23-18-11-14(22(28)29)5-10-17(18)20(25)31-16-8-6-15(7-9-16)30-19(24)12-1-3-13(4-2-12)21(26)27/h1-11,26-29H. The SMILES string of the molecule is O=C(Oc1ccc(OC(=O)c2ccc(B(O)O)cc2F)cc1)c1ccc(B(O)O)cc1. The minimum atomic E-state index is -1.87. The van der Waals surface area contributed by atoms with Gasteiger partial charge in [0.15, 0.2) is 0 Å². The van der Waals surface area contributed by atoms with Crippen molar-refractivity contribution in [3.63, 3.8) is 0 Å². The fourth-order valence-electron chi connectivity index (χ4n) is 2.55. The molecule has 0 radical (unpaired) electrons. The summed E-state index contributed by atoms with van der Waals surface area (Å²) in [6, 6.07) is 14.0. The quantitative estimate of drug-likeness (QED) is 0.239. The van der Waals surface area contributed by atoms with E-state index in [1.165, 1.54) is 54.6 Å². The van der Waals surface area contributed by atoms with Gasteiger partial charge in [0.05, 0.1) is 11.1 Å². The Hall–Kier alpha value is -3.50. The van der Waals surface area contributed by atoms with Crippen LogP contribution < -0.4 is 20.4 Å².